The number of esters is 1. The first kappa shape index (κ1) is 15.4. The maximum absolute atomic E-state index is 11.8. The van der Waals surface area contributed by atoms with Gasteiger partial charge in [-0.2, -0.15) is 0 Å². The molecule has 1 rings (SSSR count). The van der Waals surface area contributed by atoms with Gasteiger partial charge in [0.15, 0.2) is 8.32 Å². The van der Waals surface area contributed by atoms with Gasteiger partial charge in [0.25, 0.3) is 0 Å². The number of hydrogen-bond donors (Lipinski definition) is 0. The molecule has 1 unspecified atom stereocenters. The molecule has 0 saturated carbocycles. The Kier molecular flexibility index (Phi) is 4.78. The molecule has 0 radical (unpaired) electrons. The quantitative estimate of drug-likeness (QED) is 0.577. The molecule has 3 nitrogen and oxygen atoms in total. The average Bonchev–Trinajstić information content (AvgIpc) is 2.63. The molecule has 0 N–H and O–H groups in total. The van der Waals surface area contributed by atoms with Crippen molar-refractivity contribution in [1.82, 2.24) is 0 Å². The Morgan fingerprint density at radius 3 is 2.56 bits per heavy atom. The number of allylic oxidation sites excluding steroid dienone is 1. The monoisotopic (exact) mass is 270 g/mol. The normalized spacial score (nSPS) is 20.8. The Bertz CT molecular complexity index is 339. The van der Waals surface area contributed by atoms with Gasteiger partial charge in [0.1, 0.15) is 0 Å². The SMILES string of the molecule is CCOC(=O)C1=CCCC1O[Si](C)(C)C(C)(C)C. The lowest BCUT2D eigenvalue weighted by Crippen LogP contribution is -2.44. The summed E-state index contributed by atoms with van der Waals surface area (Å²) < 4.78 is 11.4. The molecule has 18 heavy (non-hydrogen) atoms. The van der Waals surface area contributed by atoms with Crippen LogP contribution in [0.15, 0.2) is 11.6 Å². The number of ether oxygens (including phenoxy) is 1. The lowest BCUT2D eigenvalue weighted by Gasteiger charge is -2.38. The van der Waals surface area contributed by atoms with Crippen LogP contribution >= 0.6 is 0 Å². The number of hydrogen-bond acceptors (Lipinski definition) is 3. The second-order valence-electron chi connectivity index (χ2n) is 6.32. The molecule has 0 heterocycles. The predicted octanol–water partition coefficient (Wildman–Crippen LogP) is 3.66. The van der Waals surface area contributed by atoms with Gasteiger partial charge in [-0.15, -0.1) is 0 Å². The molecule has 0 spiro atoms. The minimum atomic E-state index is -1.83. The minimum Gasteiger partial charge on any atom is -0.463 e. The highest BCUT2D eigenvalue weighted by atomic mass is 28.4. The molecule has 0 saturated heterocycles. The van der Waals surface area contributed by atoms with E-state index >= 15 is 0 Å². The van der Waals surface area contributed by atoms with E-state index in [2.05, 4.69) is 33.9 Å². The van der Waals surface area contributed by atoms with Crippen molar-refractivity contribution >= 4 is 14.3 Å². The minimum absolute atomic E-state index is 0.0649. The summed E-state index contributed by atoms with van der Waals surface area (Å²) in [6, 6.07) is 0. The Morgan fingerprint density at radius 1 is 1.44 bits per heavy atom. The van der Waals surface area contributed by atoms with Crippen molar-refractivity contribution in [2.24, 2.45) is 0 Å². The fourth-order valence-electron chi connectivity index (χ4n) is 1.76. The maximum atomic E-state index is 11.8. The van der Waals surface area contributed by atoms with Crippen LogP contribution in [0, 0.1) is 0 Å². The van der Waals surface area contributed by atoms with Crippen LogP contribution in [0.4, 0.5) is 0 Å². The van der Waals surface area contributed by atoms with Gasteiger partial charge in [-0.05, 0) is 37.9 Å². The topological polar surface area (TPSA) is 35.5 Å². The number of carbonyl (C=O) groups is 1. The van der Waals surface area contributed by atoms with Crippen LogP contribution in [0.25, 0.3) is 0 Å². The lowest BCUT2D eigenvalue weighted by molar-refractivity contribution is -0.139. The third kappa shape index (κ3) is 3.45. The number of carbonyl (C=O) groups excluding carboxylic acids is 1. The zero-order valence-corrected chi connectivity index (χ0v) is 13.5. The molecule has 0 fully saturated rings. The summed E-state index contributed by atoms with van der Waals surface area (Å²) >= 11 is 0. The van der Waals surface area contributed by atoms with Crippen molar-refractivity contribution in [2.45, 2.75) is 64.8 Å². The molecular formula is C14H26O3Si. The Labute approximate surface area is 112 Å². The largest absolute Gasteiger partial charge is 0.463 e. The van der Waals surface area contributed by atoms with Gasteiger partial charge in [0, 0.05) is 0 Å². The van der Waals surface area contributed by atoms with E-state index < -0.39 is 8.32 Å². The number of rotatable bonds is 4. The Hall–Kier alpha value is -0.613. The van der Waals surface area contributed by atoms with Crippen LogP contribution in [-0.4, -0.2) is 27.0 Å². The van der Waals surface area contributed by atoms with Gasteiger partial charge in [0.05, 0.1) is 18.3 Å². The molecule has 1 aliphatic rings. The zero-order valence-electron chi connectivity index (χ0n) is 12.5. The van der Waals surface area contributed by atoms with Crippen LogP contribution in [0.2, 0.25) is 18.1 Å². The van der Waals surface area contributed by atoms with Gasteiger partial charge in [-0.1, -0.05) is 26.8 Å². The molecule has 104 valence electrons. The third-order valence-corrected chi connectivity index (χ3v) is 8.38. The molecule has 0 bridgehead atoms. The van der Waals surface area contributed by atoms with Crippen molar-refractivity contribution in [3.05, 3.63) is 11.6 Å². The van der Waals surface area contributed by atoms with Crippen molar-refractivity contribution in [2.75, 3.05) is 6.61 Å². The van der Waals surface area contributed by atoms with Gasteiger partial charge < -0.3 is 9.16 Å². The van der Waals surface area contributed by atoms with Crippen LogP contribution in [0.3, 0.4) is 0 Å². The molecule has 4 heteroatoms. The molecule has 0 aromatic heterocycles. The lowest BCUT2D eigenvalue weighted by atomic mass is 10.2. The molecule has 0 aromatic rings. The molecular weight excluding hydrogens is 244 g/mol. The van der Waals surface area contributed by atoms with E-state index in [1.165, 1.54) is 0 Å². The second kappa shape index (κ2) is 5.57. The van der Waals surface area contributed by atoms with Crippen LogP contribution in [0.1, 0.15) is 40.5 Å². The highest BCUT2D eigenvalue weighted by molar-refractivity contribution is 6.74. The summed E-state index contributed by atoms with van der Waals surface area (Å²) in [6.45, 7) is 13.3. The third-order valence-electron chi connectivity index (χ3n) is 3.89. The first-order valence-electron chi connectivity index (χ1n) is 6.74. The van der Waals surface area contributed by atoms with Crippen LogP contribution in [0.5, 0.6) is 0 Å². The zero-order chi connectivity index (χ0) is 14.0. The van der Waals surface area contributed by atoms with E-state index in [0.29, 0.717) is 6.61 Å². The van der Waals surface area contributed by atoms with Crippen molar-refractivity contribution < 1.29 is 14.0 Å². The van der Waals surface area contributed by atoms with E-state index in [9.17, 15) is 4.79 Å². The highest BCUT2D eigenvalue weighted by Crippen LogP contribution is 2.39. The molecule has 1 aliphatic carbocycles. The van der Waals surface area contributed by atoms with E-state index in [0.717, 1.165) is 18.4 Å². The summed E-state index contributed by atoms with van der Waals surface area (Å²) in [5.41, 5.74) is 0.724. The Morgan fingerprint density at radius 2 is 2.06 bits per heavy atom. The highest BCUT2D eigenvalue weighted by Gasteiger charge is 2.41. The summed E-state index contributed by atoms with van der Waals surface area (Å²) in [5.74, 6) is -0.210. The fourth-order valence-corrected chi connectivity index (χ4v) is 3.07. The van der Waals surface area contributed by atoms with Crippen LogP contribution in [-0.2, 0) is 14.0 Å². The summed E-state index contributed by atoms with van der Waals surface area (Å²) in [5, 5.41) is 0.162. The van der Waals surface area contributed by atoms with Gasteiger partial charge >= 0.3 is 5.97 Å². The van der Waals surface area contributed by atoms with Gasteiger partial charge in [-0.25, -0.2) is 4.79 Å². The maximum Gasteiger partial charge on any atom is 0.336 e. The molecule has 1 atom stereocenters. The second-order valence-corrected chi connectivity index (χ2v) is 11.1. The van der Waals surface area contributed by atoms with Crippen molar-refractivity contribution in [3.8, 4) is 0 Å². The summed E-state index contributed by atoms with van der Waals surface area (Å²) in [7, 11) is -1.83. The van der Waals surface area contributed by atoms with E-state index in [-0.39, 0.29) is 17.1 Å². The van der Waals surface area contributed by atoms with E-state index in [1.54, 1.807) is 0 Å². The average molecular weight is 270 g/mol. The van der Waals surface area contributed by atoms with Crippen molar-refractivity contribution in [1.29, 1.82) is 0 Å². The standard InChI is InChI=1S/C14H26O3Si/c1-7-16-13(15)11-9-8-10-12(11)17-18(5,6)14(2,3)4/h9,12H,7-8,10H2,1-6H3. The Balaban J connectivity index is 2.74. The molecule has 0 aliphatic heterocycles. The first-order chi connectivity index (χ1) is 8.19. The summed E-state index contributed by atoms with van der Waals surface area (Å²) in [4.78, 5) is 11.8. The van der Waals surface area contributed by atoms with Crippen molar-refractivity contribution in [3.63, 3.8) is 0 Å². The first-order valence-corrected chi connectivity index (χ1v) is 9.65. The molecule has 0 amide bonds. The van der Waals surface area contributed by atoms with Crippen LogP contribution < -0.4 is 0 Å². The predicted molar refractivity (Wildman–Crippen MR) is 76.0 cm³/mol. The molecule has 0 aromatic carbocycles. The van der Waals surface area contributed by atoms with E-state index in [4.69, 9.17) is 9.16 Å². The summed E-state index contributed by atoms with van der Waals surface area (Å²) in [6.07, 6.45) is 3.72. The van der Waals surface area contributed by atoms with Gasteiger partial charge in [0.2, 0.25) is 0 Å². The van der Waals surface area contributed by atoms with Gasteiger partial charge in [-0.3, -0.25) is 0 Å². The van der Waals surface area contributed by atoms with E-state index in [1.807, 2.05) is 13.0 Å². The smallest absolute Gasteiger partial charge is 0.336 e. The fraction of sp³-hybridized carbons (Fsp3) is 0.786.